The fourth-order valence-corrected chi connectivity index (χ4v) is 3.23. The summed E-state index contributed by atoms with van der Waals surface area (Å²) in [5.41, 5.74) is 1.48. The summed E-state index contributed by atoms with van der Waals surface area (Å²) in [6, 6.07) is 14.3. The Balaban J connectivity index is 2.22. The largest absolute Gasteiger partial charge is 0.308 e. The van der Waals surface area contributed by atoms with Gasteiger partial charge in [0.25, 0.3) is 10.1 Å². The van der Waals surface area contributed by atoms with Crippen molar-refractivity contribution < 1.29 is 13.0 Å². The minimum Gasteiger partial charge on any atom is -0.308 e. The number of hydrogen-bond donors (Lipinski definition) is 3. The van der Waals surface area contributed by atoms with Crippen LogP contribution in [0.15, 0.2) is 80.1 Å². The van der Waals surface area contributed by atoms with Gasteiger partial charge in [-0.1, -0.05) is 41.6 Å². The van der Waals surface area contributed by atoms with Gasteiger partial charge in [0.15, 0.2) is 0 Å². The molecule has 0 saturated carbocycles. The van der Waals surface area contributed by atoms with E-state index in [1.54, 1.807) is 42.5 Å². The van der Waals surface area contributed by atoms with E-state index < -0.39 is 10.1 Å². The lowest BCUT2D eigenvalue weighted by Crippen LogP contribution is -1.99. The summed E-state index contributed by atoms with van der Waals surface area (Å²) in [6.45, 7) is 0. The zero-order chi connectivity index (χ0) is 19.4. The highest BCUT2D eigenvalue weighted by Gasteiger charge is 2.19. The Morgan fingerprint density at radius 1 is 0.963 bits per heavy atom. The SMILES string of the molecule is N=Cc1ccc(/N=N/c2cc(S(=O)(=O)O)c3ccccc3c2N=NN)cc1. The zero-order valence-electron chi connectivity index (χ0n) is 13.8. The Hall–Kier alpha value is -3.50. The number of azo groups is 1. The second kappa shape index (κ2) is 7.40. The van der Waals surface area contributed by atoms with Crippen molar-refractivity contribution in [3.63, 3.8) is 0 Å². The first-order valence-corrected chi connectivity index (χ1v) is 9.04. The average molecular weight is 382 g/mol. The van der Waals surface area contributed by atoms with Gasteiger partial charge in [-0.05, 0) is 23.8 Å². The molecule has 0 aliphatic rings. The maximum Gasteiger partial charge on any atom is 0.295 e. The Morgan fingerprint density at radius 3 is 2.22 bits per heavy atom. The smallest absolute Gasteiger partial charge is 0.295 e. The van der Waals surface area contributed by atoms with Crippen LogP contribution in [0.5, 0.6) is 0 Å². The predicted octanol–water partition coefficient (Wildman–Crippen LogP) is 4.46. The maximum atomic E-state index is 11.8. The Bertz CT molecular complexity index is 1170. The third-order valence-electron chi connectivity index (χ3n) is 3.73. The van der Waals surface area contributed by atoms with Crippen molar-refractivity contribution in [2.75, 3.05) is 0 Å². The molecule has 0 spiro atoms. The summed E-state index contributed by atoms with van der Waals surface area (Å²) >= 11 is 0. The number of nitrogens with zero attached hydrogens (tertiary/aromatic N) is 4. The van der Waals surface area contributed by atoms with E-state index in [4.69, 9.17) is 11.3 Å². The van der Waals surface area contributed by atoms with Crippen LogP contribution in [0, 0.1) is 5.41 Å². The summed E-state index contributed by atoms with van der Waals surface area (Å²) in [5.74, 6) is 5.18. The molecule has 0 fully saturated rings. The lowest BCUT2D eigenvalue weighted by molar-refractivity contribution is 0.484. The molecule has 3 aromatic carbocycles. The molecule has 9 nitrogen and oxygen atoms in total. The number of fused-ring (bicyclic) bond motifs is 1. The lowest BCUT2D eigenvalue weighted by Gasteiger charge is -2.08. The van der Waals surface area contributed by atoms with E-state index in [2.05, 4.69) is 20.6 Å². The van der Waals surface area contributed by atoms with Crippen molar-refractivity contribution in [1.29, 1.82) is 5.41 Å². The molecule has 0 amide bonds. The minimum atomic E-state index is -4.51. The number of nitrogens with one attached hydrogen (secondary N) is 1. The number of hydrogen-bond acceptors (Lipinski definition) is 7. The van der Waals surface area contributed by atoms with Crippen LogP contribution in [0.2, 0.25) is 0 Å². The molecule has 27 heavy (non-hydrogen) atoms. The Labute approximate surface area is 154 Å². The number of rotatable bonds is 5. The van der Waals surface area contributed by atoms with Gasteiger partial charge < -0.3 is 11.3 Å². The second-order valence-electron chi connectivity index (χ2n) is 5.41. The molecule has 0 saturated heterocycles. The van der Waals surface area contributed by atoms with Crippen molar-refractivity contribution >= 4 is 44.2 Å². The fraction of sp³-hybridized carbons (Fsp3) is 0. The van der Waals surface area contributed by atoms with E-state index in [0.717, 1.165) is 6.07 Å². The van der Waals surface area contributed by atoms with Gasteiger partial charge in [0, 0.05) is 17.0 Å². The van der Waals surface area contributed by atoms with Crippen LogP contribution < -0.4 is 5.84 Å². The van der Waals surface area contributed by atoms with Crippen LogP contribution in [0.3, 0.4) is 0 Å². The molecular formula is C17H14N6O3S. The average Bonchev–Trinajstić information content (AvgIpc) is 2.67. The van der Waals surface area contributed by atoms with Crippen LogP contribution in [0.4, 0.5) is 17.1 Å². The predicted molar refractivity (Wildman–Crippen MR) is 101 cm³/mol. The van der Waals surface area contributed by atoms with Crippen molar-refractivity contribution in [2.45, 2.75) is 4.90 Å². The van der Waals surface area contributed by atoms with Gasteiger partial charge in [0.2, 0.25) is 0 Å². The minimum absolute atomic E-state index is 0.0756. The summed E-state index contributed by atoms with van der Waals surface area (Å²) in [4.78, 5) is -0.317. The van der Waals surface area contributed by atoms with Gasteiger partial charge >= 0.3 is 0 Å². The zero-order valence-corrected chi connectivity index (χ0v) is 14.6. The van der Waals surface area contributed by atoms with E-state index in [0.29, 0.717) is 16.6 Å². The summed E-state index contributed by atoms with van der Waals surface area (Å²) < 4.78 is 33.2. The molecule has 0 aromatic heterocycles. The number of nitrogens with two attached hydrogens (primary N) is 1. The lowest BCUT2D eigenvalue weighted by atomic mass is 10.1. The molecule has 3 aromatic rings. The molecule has 3 rings (SSSR count). The highest BCUT2D eigenvalue weighted by atomic mass is 32.2. The van der Waals surface area contributed by atoms with Crippen LogP contribution in [0.1, 0.15) is 5.56 Å². The van der Waals surface area contributed by atoms with E-state index >= 15 is 0 Å². The molecule has 0 heterocycles. The van der Waals surface area contributed by atoms with Crippen LogP contribution in [-0.4, -0.2) is 19.2 Å². The Kier molecular flexibility index (Phi) is 5.01. The fourth-order valence-electron chi connectivity index (χ4n) is 2.51. The topological polar surface area (TPSA) is 154 Å². The second-order valence-corrected chi connectivity index (χ2v) is 6.80. The van der Waals surface area contributed by atoms with E-state index in [9.17, 15) is 13.0 Å². The molecule has 0 bridgehead atoms. The van der Waals surface area contributed by atoms with Crippen molar-refractivity contribution in [3.8, 4) is 0 Å². The third kappa shape index (κ3) is 3.86. The van der Waals surface area contributed by atoms with E-state index in [1.165, 1.54) is 12.3 Å². The summed E-state index contributed by atoms with van der Waals surface area (Å²) in [7, 11) is -4.51. The molecule has 10 heteroatoms. The van der Waals surface area contributed by atoms with Gasteiger partial charge in [-0.25, -0.2) is 0 Å². The number of benzene rings is 3. The van der Waals surface area contributed by atoms with Gasteiger partial charge in [0.05, 0.1) is 5.69 Å². The van der Waals surface area contributed by atoms with Crippen molar-refractivity contribution in [1.82, 2.24) is 0 Å². The third-order valence-corrected chi connectivity index (χ3v) is 4.62. The van der Waals surface area contributed by atoms with Crippen molar-refractivity contribution in [3.05, 3.63) is 60.2 Å². The van der Waals surface area contributed by atoms with Gasteiger partial charge in [-0.2, -0.15) is 13.5 Å². The Morgan fingerprint density at radius 2 is 1.63 bits per heavy atom. The van der Waals surface area contributed by atoms with E-state index in [1.807, 2.05) is 0 Å². The van der Waals surface area contributed by atoms with Crippen LogP contribution >= 0.6 is 0 Å². The summed E-state index contributed by atoms with van der Waals surface area (Å²) in [5, 5.41) is 23.1. The first-order valence-electron chi connectivity index (χ1n) is 7.60. The molecule has 136 valence electrons. The molecule has 4 N–H and O–H groups in total. The summed E-state index contributed by atoms with van der Waals surface area (Å²) in [6.07, 6.45) is 1.20. The van der Waals surface area contributed by atoms with Crippen LogP contribution in [0.25, 0.3) is 10.8 Å². The quantitative estimate of drug-likeness (QED) is 0.196. The maximum absolute atomic E-state index is 11.8. The van der Waals surface area contributed by atoms with Crippen molar-refractivity contribution in [2.24, 2.45) is 26.4 Å². The first kappa shape index (κ1) is 18.3. The molecule has 0 aliphatic heterocycles. The standard InChI is InChI=1S/C17H14N6O3S/c18-10-11-5-7-12(8-6-11)20-21-15-9-16(27(24,25)26)13-3-1-2-4-14(13)17(15)22-23-19/h1-10,18H,(H2,19,22)(H,24,25,26)/b18-10?,21-20+. The first-order chi connectivity index (χ1) is 12.9. The van der Waals surface area contributed by atoms with Crippen LogP contribution in [-0.2, 0) is 10.1 Å². The molecule has 0 radical (unpaired) electrons. The molecule has 0 unspecified atom stereocenters. The van der Waals surface area contributed by atoms with Gasteiger partial charge in [-0.3, -0.25) is 4.55 Å². The highest BCUT2D eigenvalue weighted by Crippen LogP contribution is 2.40. The van der Waals surface area contributed by atoms with Gasteiger partial charge in [0.1, 0.15) is 16.3 Å². The van der Waals surface area contributed by atoms with E-state index in [-0.39, 0.29) is 21.7 Å². The van der Waals surface area contributed by atoms with Gasteiger partial charge in [-0.15, -0.1) is 10.2 Å². The monoisotopic (exact) mass is 382 g/mol. The molecular weight excluding hydrogens is 368 g/mol. The molecule has 0 atom stereocenters. The highest BCUT2D eigenvalue weighted by molar-refractivity contribution is 7.86. The molecule has 0 aliphatic carbocycles. The normalized spacial score (nSPS) is 12.2.